The molecule has 0 aliphatic carbocycles. The highest BCUT2D eigenvalue weighted by Gasteiger charge is 2.18. The first kappa shape index (κ1) is 19.7. The molecule has 7 nitrogen and oxygen atoms in total. The number of oxime groups is 1. The van der Waals surface area contributed by atoms with Crippen LogP contribution in [-0.4, -0.2) is 47.0 Å². The zero-order valence-electron chi connectivity index (χ0n) is 15.5. The molecule has 0 spiro atoms. The number of aliphatic hydroxyl groups excluding tert-OH is 1. The third-order valence-corrected chi connectivity index (χ3v) is 4.52. The van der Waals surface area contributed by atoms with Crippen LogP contribution in [0.1, 0.15) is 24.8 Å². The van der Waals surface area contributed by atoms with Gasteiger partial charge in [-0.1, -0.05) is 23.4 Å². The number of hydrogen-bond acceptors (Lipinski definition) is 6. The van der Waals surface area contributed by atoms with Crippen LogP contribution in [0.15, 0.2) is 35.7 Å². The predicted molar refractivity (Wildman–Crippen MR) is 104 cm³/mol. The molecule has 0 atom stereocenters. The summed E-state index contributed by atoms with van der Waals surface area (Å²) in [6.45, 7) is 8.76. The minimum absolute atomic E-state index is 0.251. The molecule has 0 unspecified atom stereocenters. The summed E-state index contributed by atoms with van der Waals surface area (Å²) in [5, 5.41) is 13.4. The van der Waals surface area contributed by atoms with E-state index >= 15 is 0 Å². The fraction of sp³-hybridized carbons (Fsp3) is 0.400. The van der Waals surface area contributed by atoms with Crippen LogP contribution < -0.4 is 4.90 Å². The lowest BCUT2D eigenvalue weighted by atomic mass is 10.1. The second-order valence-corrected chi connectivity index (χ2v) is 6.42. The van der Waals surface area contributed by atoms with Gasteiger partial charge in [0.15, 0.2) is 0 Å². The van der Waals surface area contributed by atoms with Crippen molar-refractivity contribution in [2.24, 2.45) is 5.16 Å². The van der Waals surface area contributed by atoms with E-state index in [0.717, 1.165) is 31.6 Å². The molecule has 1 aromatic heterocycles. The zero-order chi connectivity index (χ0) is 19.8. The Morgan fingerprint density at radius 2 is 2.00 bits per heavy atom. The van der Waals surface area contributed by atoms with Gasteiger partial charge in [-0.25, -0.2) is 20.9 Å². The number of rotatable bonds is 7. The molecular weight excluding hydrogens is 361 g/mol. The largest absolute Gasteiger partial charge is 0.396 e. The summed E-state index contributed by atoms with van der Waals surface area (Å²) < 4.78 is 14.4. The number of anilines is 1. The highest BCUT2D eigenvalue weighted by atomic mass is 19.1. The zero-order valence-corrected chi connectivity index (χ0v) is 15.5. The van der Waals surface area contributed by atoms with E-state index in [2.05, 4.69) is 24.9 Å². The molecule has 0 saturated carbocycles. The molecule has 0 amide bonds. The normalized spacial score (nSPS) is 13.9. The standard InChI is InChI=1S/C20H22FN5O2/c1-22-8-3-11-28-25-17-6-9-26(10-7-17)20-23-12-16(13-24-20)18-5-2-4-15(14-27)19(18)21/h2,4-5,12-13,27H,3,6-11,14H2. The van der Waals surface area contributed by atoms with E-state index in [-0.39, 0.29) is 12.2 Å². The quantitative estimate of drug-likeness (QED) is 0.452. The van der Waals surface area contributed by atoms with E-state index in [1.54, 1.807) is 30.6 Å². The molecule has 1 saturated heterocycles. The molecule has 1 N–H and O–H groups in total. The van der Waals surface area contributed by atoms with Crippen molar-refractivity contribution in [3.05, 3.63) is 53.4 Å². The molecule has 8 heteroatoms. The summed E-state index contributed by atoms with van der Waals surface area (Å²) in [4.78, 5) is 19.3. The molecule has 0 bridgehead atoms. The molecule has 0 radical (unpaired) electrons. The molecule has 3 rings (SSSR count). The first-order chi connectivity index (χ1) is 13.7. The summed E-state index contributed by atoms with van der Waals surface area (Å²) in [6.07, 6.45) is 5.43. The minimum Gasteiger partial charge on any atom is -0.396 e. The van der Waals surface area contributed by atoms with Crippen molar-refractivity contribution >= 4 is 11.7 Å². The van der Waals surface area contributed by atoms with Crippen molar-refractivity contribution in [2.45, 2.75) is 25.9 Å². The molecule has 1 aliphatic rings. The van der Waals surface area contributed by atoms with Gasteiger partial charge in [-0.05, 0) is 0 Å². The fourth-order valence-electron chi connectivity index (χ4n) is 2.95. The van der Waals surface area contributed by atoms with Gasteiger partial charge in [0.05, 0.1) is 18.7 Å². The number of nitrogens with zero attached hydrogens (tertiary/aromatic N) is 5. The van der Waals surface area contributed by atoms with Gasteiger partial charge in [-0.2, -0.15) is 0 Å². The van der Waals surface area contributed by atoms with Crippen LogP contribution in [0.25, 0.3) is 16.0 Å². The van der Waals surface area contributed by atoms with Crippen LogP contribution in [0.4, 0.5) is 10.3 Å². The lowest BCUT2D eigenvalue weighted by molar-refractivity contribution is 0.143. The Morgan fingerprint density at radius 1 is 1.25 bits per heavy atom. The highest BCUT2D eigenvalue weighted by molar-refractivity contribution is 5.86. The van der Waals surface area contributed by atoms with Crippen LogP contribution in [0, 0.1) is 12.4 Å². The first-order valence-electron chi connectivity index (χ1n) is 9.19. The Kier molecular flexibility index (Phi) is 6.87. The van der Waals surface area contributed by atoms with E-state index < -0.39 is 5.82 Å². The fourth-order valence-corrected chi connectivity index (χ4v) is 2.95. The second kappa shape index (κ2) is 9.76. The van der Waals surface area contributed by atoms with Gasteiger partial charge >= 0.3 is 0 Å². The summed E-state index contributed by atoms with van der Waals surface area (Å²) in [5.74, 6) is 0.149. The Labute approximate surface area is 163 Å². The number of hydrogen-bond donors (Lipinski definition) is 1. The first-order valence-corrected chi connectivity index (χ1v) is 9.19. The van der Waals surface area contributed by atoms with Gasteiger partial charge < -0.3 is 19.7 Å². The van der Waals surface area contributed by atoms with E-state index in [9.17, 15) is 9.50 Å². The predicted octanol–water partition coefficient (Wildman–Crippen LogP) is 3.06. The van der Waals surface area contributed by atoms with Gasteiger partial charge in [0.25, 0.3) is 0 Å². The van der Waals surface area contributed by atoms with Crippen LogP contribution >= 0.6 is 0 Å². The van der Waals surface area contributed by atoms with Crippen molar-refractivity contribution in [1.82, 2.24) is 9.97 Å². The summed E-state index contributed by atoms with van der Waals surface area (Å²) in [7, 11) is 0. The Balaban J connectivity index is 1.58. The molecule has 2 heterocycles. The third-order valence-electron chi connectivity index (χ3n) is 4.52. The molecule has 1 aromatic carbocycles. The average molecular weight is 383 g/mol. The summed E-state index contributed by atoms with van der Waals surface area (Å²) in [6, 6.07) is 4.90. The second-order valence-electron chi connectivity index (χ2n) is 6.42. The van der Waals surface area contributed by atoms with Gasteiger partial charge in [0.1, 0.15) is 12.4 Å². The van der Waals surface area contributed by atoms with E-state index in [0.29, 0.717) is 36.6 Å². The maximum atomic E-state index is 14.4. The molecule has 2 aromatic rings. The van der Waals surface area contributed by atoms with Crippen LogP contribution in [0.3, 0.4) is 0 Å². The molecule has 28 heavy (non-hydrogen) atoms. The molecule has 146 valence electrons. The van der Waals surface area contributed by atoms with Crippen molar-refractivity contribution < 1.29 is 14.3 Å². The van der Waals surface area contributed by atoms with E-state index in [4.69, 9.17) is 11.4 Å². The lowest BCUT2D eigenvalue weighted by Crippen LogP contribution is -2.35. The van der Waals surface area contributed by atoms with Crippen LogP contribution in [0.2, 0.25) is 0 Å². The van der Waals surface area contributed by atoms with Crippen molar-refractivity contribution in [1.29, 1.82) is 0 Å². The molecular formula is C20H22FN5O2. The van der Waals surface area contributed by atoms with Crippen molar-refractivity contribution in [3.63, 3.8) is 0 Å². The van der Waals surface area contributed by atoms with E-state index in [1.165, 1.54) is 0 Å². The topological polar surface area (TPSA) is 75.2 Å². The molecule has 1 fully saturated rings. The Bertz CT molecular complexity index is 854. The number of aliphatic hydroxyl groups is 1. The highest BCUT2D eigenvalue weighted by Crippen LogP contribution is 2.25. The average Bonchev–Trinajstić information content (AvgIpc) is 2.74. The van der Waals surface area contributed by atoms with Crippen molar-refractivity contribution in [3.8, 4) is 11.1 Å². The number of aromatic nitrogens is 2. The SMILES string of the molecule is [C-]#[N+]CCCON=C1CCN(c2ncc(-c3cccc(CO)c3F)cn2)CC1. The lowest BCUT2D eigenvalue weighted by Gasteiger charge is -2.27. The Hall–Kier alpha value is -3.05. The number of halogens is 1. The smallest absolute Gasteiger partial charge is 0.225 e. The van der Waals surface area contributed by atoms with Gasteiger partial charge in [0, 0.05) is 55.0 Å². The van der Waals surface area contributed by atoms with Gasteiger partial charge in [-0.3, -0.25) is 0 Å². The number of piperidine rings is 1. The Morgan fingerprint density at radius 3 is 2.68 bits per heavy atom. The third kappa shape index (κ3) is 4.81. The monoisotopic (exact) mass is 383 g/mol. The maximum Gasteiger partial charge on any atom is 0.225 e. The summed E-state index contributed by atoms with van der Waals surface area (Å²) in [5.41, 5.74) is 2.20. The molecule has 1 aliphatic heterocycles. The van der Waals surface area contributed by atoms with Gasteiger partial charge in [0.2, 0.25) is 12.5 Å². The van der Waals surface area contributed by atoms with Crippen molar-refractivity contribution in [2.75, 3.05) is 31.1 Å². The van der Waals surface area contributed by atoms with Crippen LogP contribution in [-0.2, 0) is 11.4 Å². The van der Waals surface area contributed by atoms with Crippen LogP contribution in [0.5, 0.6) is 0 Å². The van der Waals surface area contributed by atoms with E-state index in [1.807, 2.05) is 0 Å². The summed E-state index contributed by atoms with van der Waals surface area (Å²) >= 11 is 0. The number of benzene rings is 1. The van der Waals surface area contributed by atoms with Gasteiger partial charge in [-0.15, -0.1) is 0 Å². The minimum atomic E-state index is -0.448. The maximum absolute atomic E-state index is 14.4.